The van der Waals surface area contributed by atoms with E-state index in [1.54, 1.807) is 55.3 Å². The van der Waals surface area contributed by atoms with Crippen LogP contribution in [0.4, 0.5) is 0 Å². The van der Waals surface area contributed by atoms with Gasteiger partial charge in [-0.1, -0.05) is 23.7 Å². The Balaban J connectivity index is 1.94. The van der Waals surface area contributed by atoms with Crippen molar-refractivity contribution in [3.05, 3.63) is 64.7 Å². The van der Waals surface area contributed by atoms with E-state index in [4.69, 9.17) is 21.1 Å². The first-order valence-corrected chi connectivity index (χ1v) is 9.98. The van der Waals surface area contributed by atoms with Gasteiger partial charge in [-0.15, -0.1) is 11.8 Å². The highest BCUT2D eigenvalue weighted by Crippen LogP contribution is 2.42. The van der Waals surface area contributed by atoms with Crippen molar-refractivity contribution in [2.45, 2.75) is 18.3 Å². The largest absolute Gasteiger partial charge is 0.497 e. The first-order valence-electron chi connectivity index (χ1n) is 8.55. The van der Waals surface area contributed by atoms with Crippen molar-refractivity contribution in [1.29, 1.82) is 0 Å². The minimum atomic E-state index is -0.634. The lowest BCUT2D eigenvalue weighted by molar-refractivity contribution is -0.147. The zero-order valence-corrected chi connectivity index (χ0v) is 16.6. The smallest absolute Gasteiger partial charge is 0.329 e. The van der Waals surface area contributed by atoms with Crippen molar-refractivity contribution in [2.24, 2.45) is 0 Å². The van der Waals surface area contributed by atoms with E-state index in [2.05, 4.69) is 0 Å². The van der Waals surface area contributed by atoms with Crippen molar-refractivity contribution < 1.29 is 19.1 Å². The van der Waals surface area contributed by atoms with Crippen LogP contribution in [0.25, 0.3) is 0 Å². The monoisotopic (exact) mass is 405 g/mol. The molecule has 1 heterocycles. The van der Waals surface area contributed by atoms with Crippen molar-refractivity contribution in [2.75, 3.05) is 19.5 Å². The molecule has 1 amide bonds. The summed E-state index contributed by atoms with van der Waals surface area (Å²) < 4.78 is 10.3. The quantitative estimate of drug-likeness (QED) is 0.699. The molecule has 0 bridgehead atoms. The van der Waals surface area contributed by atoms with Crippen molar-refractivity contribution in [3.8, 4) is 5.75 Å². The third-order valence-corrected chi connectivity index (χ3v) is 5.86. The lowest BCUT2D eigenvalue weighted by atomic mass is 10.1. The highest BCUT2D eigenvalue weighted by molar-refractivity contribution is 7.99. The predicted octanol–water partition coefficient (Wildman–Crippen LogP) is 4.17. The van der Waals surface area contributed by atoms with Crippen LogP contribution in [0.1, 0.15) is 28.2 Å². The summed E-state index contributed by atoms with van der Waals surface area (Å²) >= 11 is 7.53. The van der Waals surface area contributed by atoms with Crippen molar-refractivity contribution in [1.82, 2.24) is 4.90 Å². The molecule has 1 aliphatic rings. The van der Waals surface area contributed by atoms with Crippen LogP contribution in [0.5, 0.6) is 5.75 Å². The van der Waals surface area contributed by atoms with Crippen LogP contribution in [0.2, 0.25) is 5.02 Å². The first kappa shape index (κ1) is 19.6. The van der Waals surface area contributed by atoms with Gasteiger partial charge in [0.1, 0.15) is 17.2 Å². The third kappa shape index (κ3) is 4.22. The minimum Gasteiger partial charge on any atom is -0.497 e. The molecule has 142 valence electrons. The molecular formula is C20H20ClNO4S. The summed E-state index contributed by atoms with van der Waals surface area (Å²) in [4.78, 5) is 27.3. The SMILES string of the molecule is CCOC(=O)C1CSC(c2ccc(Cl)cc2)N1C(=O)c1ccc(OC)cc1. The van der Waals surface area contributed by atoms with E-state index in [1.165, 1.54) is 11.8 Å². The Morgan fingerprint density at radius 2 is 1.81 bits per heavy atom. The maximum absolute atomic E-state index is 13.3. The summed E-state index contributed by atoms with van der Waals surface area (Å²) in [6, 6.07) is 13.5. The molecule has 0 aromatic heterocycles. The molecule has 0 spiro atoms. The Labute approximate surface area is 167 Å². The normalized spacial score (nSPS) is 19.0. The number of amides is 1. The molecule has 7 heteroatoms. The molecular weight excluding hydrogens is 386 g/mol. The molecule has 2 aromatic carbocycles. The summed E-state index contributed by atoms with van der Waals surface area (Å²) in [6.07, 6.45) is 0. The fraction of sp³-hybridized carbons (Fsp3) is 0.300. The van der Waals surface area contributed by atoms with Crippen molar-refractivity contribution in [3.63, 3.8) is 0 Å². The number of carbonyl (C=O) groups excluding carboxylic acids is 2. The lowest BCUT2D eigenvalue weighted by Crippen LogP contribution is -2.43. The second kappa shape index (κ2) is 8.67. The molecule has 0 saturated carbocycles. The highest BCUT2D eigenvalue weighted by atomic mass is 35.5. The number of halogens is 1. The Morgan fingerprint density at radius 3 is 2.41 bits per heavy atom. The van der Waals surface area contributed by atoms with Gasteiger partial charge in [-0.3, -0.25) is 4.79 Å². The van der Waals surface area contributed by atoms with Crippen LogP contribution in [0.15, 0.2) is 48.5 Å². The summed E-state index contributed by atoms with van der Waals surface area (Å²) in [6.45, 7) is 2.03. The van der Waals surface area contributed by atoms with Crippen LogP contribution in [-0.4, -0.2) is 42.3 Å². The van der Waals surface area contributed by atoms with Crippen LogP contribution < -0.4 is 4.74 Å². The molecule has 0 N–H and O–H groups in total. The van der Waals surface area contributed by atoms with Gasteiger partial charge >= 0.3 is 5.97 Å². The molecule has 3 rings (SSSR count). The molecule has 0 aliphatic carbocycles. The molecule has 1 saturated heterocycles. The van der Waals surface area contributed by atoms with Gasteiger partial charge < -0.3 is 14.4 Å². The number of hydrogen-bond acceptors (Lipinski definition) is 5. The van der Waals surface area contributed by atoms with E-state index in [0.29, 0.717) is 22.1 Å². The van der Waals surface area contributed by atoms with E-state index in [1.807, 2.05) is 12.1 Å². The van der Waals surface area contributed by atoms with Gasteiger partial charge in [0, 0.05) is 16.3 Å². The van der Waals surface area contributed by atoms with E-state index < -0.39 is 6.04 Å². The highest BCUT2D eigenvalue weighted by Gasteiger charge is 2.43. The number of rotatable bonds is 5. The van der Waals surface area contributed by atoms with Gasteiger partial charge in [0.25, 0.3) is 5.91 Å². The summed E-state index contributed by atoms with van der Waals surface area (Å²) in [5.41, 5.74) is 1.41. The lowest BCUT2D eigenvalue weighted by Gasteiger charge is -2.28. The number of carbonyl (C=O) groups is 2. The summed E-state index contributed by atoms with van der Waals surface area (Å²) in [5.74, 6) is 0.538. The molecule has 1 aliphatic heterocycles. The van der Waals surface area contributed by atoms with Crippen molar-refractivity contribution >= 4 is 35.2 Å². The predicted molar refractivity (Wildman–Crippen MR) is 106 cm³/mol. The summed E-state index contributed by atoms with van der Waals surface area (Å²) in [5, 5.41) is 0.336. The topological polar surface area (TPSA) is 55.8 Å². The van der Waals surface area contributed by atoms with Gasteiger partial charge in [0.2, 0.25) is 0 Å². The zero-order valence-electron chi connectivity index (χ0n) is 15.1. The second-order valence-electron chi connectivity index (χ2n) is 5.95. The molecule has 27 heavy (non-hydrogen) atoms. The average molecular weight is 406 g/mol. The van der Waals surface area contributed by atoms with Gasteiger partial charge in [-0.05, 0) is 48.9 Å². The molecule has 2 atom stereocenters. The minimum absolute atomic E-state index is 0.222. The van der Waals surface area contributed by atoms with E-state index in [0.717, 1.165) is 5.56 Å². The van der Waals surface area contributed by atoms with Crippen LogP contribution in [0, 0.1) is 0 Å². The molecule has 0 radical (unpaired) electrons. The number of ether oxygens (including phenoxy) is 2. The molecule has 1 fully saturated rings. The number of thioether (sulfide) groups is 1. The number of methoxy groups -OCH3 is 1. The fourth-order valence-corrected chi connectivity index (χ4v) is 4.48. The Morgan fingerprint density at radius 1 is 1.15 bits per heavy atom. The van der Waals surface area contributed by atoms with Gasteiger partial charge in [0.15, 0.2) is 0 Å². The van der Waals surface area contributed by atoms with E-state index in [-0.39, 0.29) is 23.9 Å². The standard InChI is InChI=1S/C20H20ClNO4S/c1-3-26-20(24)17-12-27-19(14-4-8-15(21)9-5-14)22(17)18(23)13-6-10-16(25-2)11-7-13/h4-11,17,19H,3,12H2,1-2H3. The van der Waals surface area contributed by atoms with Crippen LogP contribution in [0.3, 0.4) is 0 Å². The number of benzene rings is 2. The maximum Gasteiger partial charge on any atom is 0.329 e. The Kier molecular flexibility index (Phi) is 6.29. The van der Waals surface area contributed by atoms with Gasteiger partial charge in [-0.25, -0.2) is 4.79 Å². The number of hydrogen-bond donors (Lipinski definition) is 0. The second-order valence-corrected chi connectivity index (χ2v) is 7.50. The van der Waals surface area contributed by atoms with Crippen LogP contribution >= 0.6 is 23.4 Å². The van der Waals surface area contributed by atoms with E-state index >= 15 is 0 Å². The molecule has 2 aromatic rings. The maximum atomic E-state index is 13.3. The van der Waals surface area contributed by atoms with Gasteiger partial charge in [-0.2, -0.15) is 0 Å². The zero-order chi connectivity index (χ0) is 19.4. The molecule has 2 unspecified atom stereocenters. The fourth-order valence-electron chi connectivity index (χ4n) is 2.94. The molecule has 5 nitrogen and oxygen atoms in total. The number of nitrogens with zero attached hydrogens (tertiary/aromatic N) is 1. The number of esters is 1. The third-order valence-electron chi connectivity index (χ3n) is 4.29. The van der Waals surface area contributed by atoms with E-state index in [9.17, 15) is 9.59 Å². The first-order chi connectivity index (χ1) is 13.0. The van der Waals surface area contributed by atoms with Crippen LogP contribution in [-0.2, 0) is 9.53 Å². The Bertz CT molecular complexity index is 810. The Hall–Kier alpha value is -2.18. The van der Waals surface area contributed by atoms with Gasteiger partial charge in [0.05, 0.1) is 13.7 Å². The average Bonchev–Trinajstić information content (AvgIpc) is 3.13. The summed E-state index contributed by atoms with van der Waals surface area (Å²) in [7, 11) is 1.57.